The van der Waals surface area contributed by atoms with Crippen molar-refractivity contribution < 1.29 is 24.4 Å². The van der Waals surface area contributed by atoms with E-state index in [2.05, 4.69) is 20.9 Å². The normalized spacial score (nSPS) is 42.6. The lowest BCUT2D eigenvalue weighted by atomic mass is 9.80. The van der Waals surface area contributed by atoms with E-state index in [1.54, 1.807) is 6.20 Å². The fourth-order valence-corrected chi connectivity index (χ4v) is 5.24. The molecule has 31 heavy (non-hydrogen) atoms. The highest BCUT2D eigenvalue weighted by molar-refractivity contribution is 5.09. The van der Waals surface area contributed by atoms with Gasteiger partial charge in [-0.05, 0) is 52.0 Å². The number of hydrogen-bond donors (Lipinski definition) is 5. The first-order chi connectivity index (χ1) is 14.9. The highest BCUT2D eigenvalue weighted by Gasteiger charge is 2.57. The van der Waals surface area contributed by atoms with E-state index < -0.39 is 24.1 Å². The molecule has 1 aromatic rings. The number of rotatable bonds is 7. The Morgan fingerprint density at radius 1 is 1.23 bits per heavy atom. The lowest BCUT2D eigenvalue weighted by Crippen LogP contribution is -2.73. The Bertz CT molecular complexity index is 712. The van der Waals surface area contributed by atoms with Crippen LogP contribution in [0.2, 0.25) is 0 Å². The summed E-state index contributed by atoms with van der Waals surface area (Å²) < 4.78 is 18.8. The quantitative estimate of drug-likeness (QED) is 0.349. The van der Waals surface area contributed by atoms with E-state index in [1.807, 2.05) is 39.3 Å². The second-order valence-corrected chi connectivity index (χ2v) is 9.04. The van der Waals surface area contributed by atoms with Crippen molar-refractivity contribution in [3.05, 3.63) is 30.1 Å². The summed E-state index contributed by atoms with van der Waals surface area (Å²) in [4.78, 5) is 4.14. The van der Waals surface area contributed by atoms with E-state index >= 15 is 0 Å². The molecule has 1 saturated carbocycles. The Hall–Kier alpha value is -1.17. The molecule has 2 saturated heterocycles. The average Bonchev–Trinajstić information content (AvgIpc) is 2.76. The van der Waals surface area contributed by atoms with Gasteiger partial charge in [0.15, 0.2) is 6.29 Å². The van der Waals surface area contributed by atoms with Gasteiger partial charge in [0, 0.05) is 31.4 Å². The monoisotopic (exact) mass is 436 g/mol. The van der Waals surface area contributed by atoms with Crippen LogP contribution in [0.4, 0.5) is 0 Å². The summed E-state index contributed by atoms with van der Waals surface area (Å²) in [5.41, 5.74) is 0.0122. The molecule has 0 bridgehead atoms. The van der Waals surface area contributed by atoms with Crippen molar-refractivity contribution in [3.63, 3.8) is 0 Å². The molecule has 9 nitrogen and oxygen atoms in total. The van der Waals surface area contributed by atoms with Crippen LogP contribution < -0.4 is 16.0 Å². The van der Waals surface area contributed by atoms with Gasteiger partial charge in [0.2, 0.25) is 0 Å². The molecule has 0 radical (unpaired) electrons. The summed E-state index contributed by atoms with van der Waals surface area (Å²) in [6, 6.07) is 3.55. The topological polar surface area (TPSA) is 117 Å². The van der Waals surface area contributed by atoms with Crippen molar-refractivity contribution in [3.8, 4) is 0 Å². The predicted molar refractivity (Wildman–Crippen MR) is 115 cm³/mol. The number of nitrogens with one attached hydrogen (secondary N) is 3. The van der Waals surface area contributed by atoms with Gasteiger partial charge in [-0.15, -0.1) is 0 Å². The third-order valence-electron chi connectivity index (χ3n) is 6.83. The predicted octanol–water partition coefficient (Wildman–Crippen LogP) is -0.827. The first kappa shape index (κ1) is 23.0. The van der Waals surface area contributed by atoms with Crippen molar-refractivity contribution >= 4 is 0 Å². The number of likely N-dealkylation sites (N-methyl/N-ethyl adjacent to an activating group) is 2. The lowest BCUT2D eigenvalue weighted by Gasteiger charge is -2.55. The molecule has 2 aliphatic heterocycles. The van der Waals surface area contributed by atoms with Crippen molar-refractivity contribution in [1.82, 2.24) is 20.9 Å². The van der Waals surface area contributed by atoms with Crippen LogP contribution in [0.3, 0.4) is 0 Å². The lowest BCUT2D eigenvalue weighted by molar-refractivity contribution is -0.374. The molecule has 3 aliphatic rings. The molecular weight excluding hydrogens is 400 g/mol. The van der Waals surface area contributed by atoms with Crippen LogP contribution in [0.25, 0.3) is 0 Å². The number of aromatic nitrogens is 1. The van der Waals surface area contributed by atoms with Gasteiger partial charge in [0.1, 0.15) is 17.8 Å². The van der Waals surface area contributed by atoms with Gasteiger partial charge < -0.3 is 40.4 Å². The molecule has 1 aromatic heterocycles. The first-order valence-electron chi connectivity index (χ1n) is 11.3. The maximum atomic E-state index is 11.6. The van der Waals surface area contributed by atoms with Crippen LogP contribution in [0.5, 0.6) is 0 Å². The minimum atomic E-state index is -1.13. The molecule has 9 atom stereocenters. The number of nitrogens with zero attached hydrogens (tertiary/aromatic N) is 1. The first-order valence-corrected chi connectivity index (χ1v) is 11.3. The van der Waals surface area contributed by atoms with Crippen LogP contribution in [0.1, 0.15) is 25.3 Å². The Kier molecular flexibility index (Phi) is 7.24. The van der Waals surface area contributed by atoms with E-state index in [1.165, 1.54) is 0 Å². The van der Waals surface area contributed by atoms with Crippen molar-refractivity contribution in [1.29, 1.82) is 0 Å². The van der Waals surface area contributed by atoms with E-state index in [0.717, 1.165) is 18.5 Å². The molecule has 174 valence electrons. The van der Waals surface area contributed by atoms with Gasteiger partial charge in [0.05, 0.1) is 24.4 Å². The average molecular weight is 437 g/mol. The molecule has 4 rings (SSSR count). The fourth-order valence-electron chi connectivity index (χ4n) is 5.24. The van der Waals surface area contributed by atoms with Crippen LogP contribution in [-0.4, -0.2) is 96.9 Å². The van der Waals surface area contributed by atoms with E-state index in [9.17, 15) is 10.2 Å². The second kappa shape index (κ2) is 9.76. The molecule has 3 heterocycles. The number of ether oxygens (including phenoxy) is 3. The fraction of sp³-hybridized carbons (Fsp3) is 0.773. The van der Waals surface area contributed by atoms with E-state index in [-0.39, 0.29) is 30.4 Å². The van der Waals surface area contributed by atoms with Crippen LogP contribution in [-0.2, 0) is 20.6 Å². The van der Waals surface area contributed by atoms with Gasteiger partial charge in [-0.2, -0.15) is 0 Å². The summed E-state index contributed by atoms with van der Waals surface area (Å²) in [5, 5.41) is 32.1. The number of aliphatic hydroxyl groups is 2. The molecule has 5 N–H and O–H groups in total. The minimum Gasteiger partial charge on any atom is -0.390 e. The minimum absolute atomic E-state index is 0.104. The standard InChI is InChI=1S/C22H36N4O5/c1-13-10-22(28,12-26-8-6-14-5-4-7-25-11-14)20-21(29-13)30-16-9-15(23-2)18(27)17(24-3)19(16)31-20/h4-5,7,11,13,15-21,23-24,26-28H,6,8-10,12H2,1-3H3/t13-,15?,16?,17?,18?,19?,20?,21?,22?/m1/s1. The number of fused-ring (bicyclic) bond motifs is 2. The van der Waals surface area contributed by atoms with Crippen LogP contribution in [0, 0.1) is 0 Å². The molecule has 0 aromatic carbocycles. The summed E-state index contributed by atoms with van der Waals surface area (Å²) in [5.74, 6) is 0. The molecule has 0 spiro atoms. The van der Waals surface area contributed by atoms with Gasteiger partial charge in [-0.1, -0.05) is 6.07 Å². The maximum absolute atomic E-state index is 11.6. The van der Waals surface area contributed by atoms with Gasteiger partial charge in [-0.25, -0.2) is 0 Å². The SMILES string of the molecule is CNC1CC2OC3O[C@H](C)CC(O)(CNCCc4cccnc4)C3OC2C(NC)C1O. The molecular formula is C22H36N4O5. The highest BCUT2D eigenvalue weighted by atomic mass is 16.7. The third kappa shape index (κ3) is 4.79. The Morgan fingerprint density at radius 2 is 2.06 bits per heavy atom. The molecule has 8 unspecified atom stereocenters. The van der Waals surface area contributed by atoms with Crippen LogP contribution in [0.15, 0.2) is 24.5 Å². The van der Waals surface area contributed by atoms with Crippen molar-refractivity contribution in [2.24, 2.45) is 0 Å². The summed E-state index contributed by atoms with van der Waals surface area (Å²) >= 11 is 0. The van der Waals surface area contributed by atoms with Gasteiger partial charge in [-0.3, -0.25) is 4.98 Å². The van der Waals surface area contributed by atoms with Crippen LogP contribution >= 0.6 is 0 Å². The van der Waals surface area contributed by atoms with Crippen molar-refractivity contribution in [2.75, 3.05) is 27.2 Å². The molecule has 0 amide bonds. The number of hydrogen-bond acceptors (Lipinski definition) is 9. The Morgan fingerprint density at radius 3 is 2.77 bits per heavy atom. The Labute approximate surface area is 183 Å². The largest absolute Gasteiger partial charge is 0.390 e. The van der Waals surface area contributed by atoms with E-state index in [0.29, 0.717) is 19.4 Å². The van der Waals surface area contributed by atoms with Gasteiger partial charge in [0.25, 0.3) is 0 Å². The van der Waals surface area contributed by atoms with Crippen molar-refractivity contribution in [2.45, 2.75) is 80.7 Å². The maximum Gasteiger partial charge on any atom is 0.187 e. The number of aliphatic hydroxyl groups excluding tert-OH is 1. The zero-order valence-corrected chi connectivity index (χ0v) is 18.5. The second-order valence-electron chi connectivity index (χ2n) is 9.04. The Balaban J connectivity index is 1.43. The number of pyridine rings is 1. The summed E-state index contributed by atoms with van der Waals surface area (Å²) in [6.45, 7) is 3.04. The summed E-state index contributed by atoms with van der Waals surface area (Å²) in [6.07, 6.45) is 2.85. The molecule has 3 fully saturated rings. The highest BCUT2D eigenvalue weighted by Crippen LogP contribution is 2.40. The smallest absolute Gasteiger partial charge is 0.187 e. The van der Waals surface area contributed by atoms with Gasteiger partial charge >= 0.3 is 0 Å². The molecule has 9 heteroatoms. The summed E-state index contributed by atoms with van der Waals surface area (Å²) in [7, 11) is 3.65. The zero-order valence-electron chi connectivity index (χ0n) is 18.5. The third-order valence-corrected chi connectivity index (χ3v) is 6.83. The molecule has 1 aliphatic carbocycles. The van der Waals surface area contributed by atoms with E-state index in [4.69, 9.17) is 14.2 Å². The zero-order chi connectivity index (χ0) is 22.0.